The number of nitrogens with one attached hydrogen (secondary N) is 2. The van der Waals surface area contributed by atoms with E-state index in [2.05, 4.69) is 15.4 Å². The van der Waals surface area contributed by atoms with Crippen LogP contribution in [-0.2, 0) is 14.3 Å². The van der Waals surface area contributed by atoms with Crippen molar-refractivity contribution in [3.05, 3.63) is 35.9 Å². The number of hydrogen-bond acceptors (Lipinski definition) is 5. The molecular weight excluding hydrogens is 276 g/mol. The van der Waals surface area contributed by atoms with Gasteiger partial charge in [-0.3, -0.25) is 9.59 Å². The first kappa shape index (κ1) is 16.6. The number of hydrogen-bond donors (Lipinski definition) is 3. The number of amides is 2. The normalized spacial score (nSPS) is 12.9. The maximum Gasteiger partial charge on any atom is 0.336 e. The number of benzene rings is 1. The second-order valence-electron chi connectivity index (χ2n) is 4.35. The Balaban J connectivity index is 2.44. The number of carbonyl (C=O) groups excluding carboxylic acids is 3. The summed E-state index contributed by atoms with van der Waals surface area (Å²) in [5.41, 5.74) is 0.437. The fourth-order valence-corrected chi connectivity index (χ4v) is 1.50. The van der Waals surface area contributed by atoms with E-state index in [1.807, 2.05) is 0 Å². The fourth-order valence-electron chi connectivity index (χ4n) is 1.50. The van der Waals surface area contributed by atoms with Crippen molar-refractivity contribution in [3.8, 4) is 0 Å². The third kappa shape index (κ3) is 5.23. The number of methoxy groups -OCH3 is 1. The summed E-state index contributed by atoms with van der Waals surface area (Å²) in [6.07, 6.45) is -1.43. The second-order valence-corrected chi connectivity index (χ2v) is 4.35. The van der Waals surface area contributed by atoms with Crippen LogP contribution in [-0.4, -0.2) is 48.7 Å². The van der Waals surface area contributed by atoms with Crippen molar-refractivity contribution in [1.82, 2.24) is 10.6 Å². The molecule has 0 aromatic heterocycles. The molecule has 1 rings (SSSR count). The molecule has 0 radical (unpaired) electrons. The van der Waals surface area contributed by atoms with E-state index in [-0.39, 0.29) is 12.5 Å². The van der Waals surface area contributed by atoms with Crippen LogP contribution in [0.4, 0.5) is 0 Å². The first-order chi connectivity index (χ1) is 9.95. The van der Waals surface area contributed by atoms with E-state index in [1.54, 1.807) is 30.3 Å². The van der Waals surface area contributed by atoms with Gasteiger partial charge in [0.25, 0.3) is 5.91 Å². The highest BCUT2D eigenvalue weighted by atomic mass is 16.5. The molecule has 0 heterocycles. The highest BCUT2D eigenvalue weighted by molar-refractivity contribution is 5.97. The molecule has 7 heteroatoms. The molecular formula is C14H18N2O5. The molecule has 2 amide bonds. The Labute approximate surface area is 122 Å². The molecule has 3 N–H and O–H groups in total. The Morgan fingerprint density at radius 1 is 1.24 bits per heavy atom. The standard InChI is InChI=1S/C14H18N2O5/c1-9(12(18)15-8-11(17)14(20)21-2)16-13(19)10-6-4-3-5-7-10/h3-7,9,11,17H,8H2,1-2H3,(H,15,18)(H,16,19). The van der Waals surface area contributed by atoms with Gasteiger partial charge < -0.3 is 20.5 Å². The summed E-state index contributed by atoms with van der Waals surface area (Å²) in [5.74, 6) is -1.73. The number of ether oxygens (including phenoxy) is 1. The lowest BCUT2D eigenvalue weighted by atomic mass is 10.2. The van der Waals surface area contributed by atoms with E-state index in [1.165, 1.54) is 6.92 Å². The molecule has 0 aliphatic heterocycles. The molecule has 0 aliphatic rings. The van der Waals surface area contributed by atoms with Gasteiger partial charge in [-0.05, 0) is 19.1 Å². The third-order valence-electron chi connectivity index (χ3n) is 2.72. The molecule has 0 aliphatic carbocycles. The summed E-state index contributed by atoms with van der Waals surface area (Å²) >= 11 is 0. The van der Waals surface area contributed by atoms with E-state index < -0.39 is 24.0 Å². The van der Waals surface area contributed by atoms with Crippen LogP contribution >= 0.6 is 0 Å². The molecule has 7 nitrogen and oxygen atoms in total. The van der Waals surface area contributed by atoms with Crippen molar-refractivity contribution < 1.29 is 24.2 Å². The molecule has 0 saturated carbocycles. The molecule has 21 heavy (non-hydrogen) atoms. The molecule has 1 aromatic carbocycles. The average Bonchev–Trinajstić information content (AvgIpc) is 2.51. The second kappa shape index (κ2) is 8.01. The molecule has 1 aromatic rings. The summed E-state index contributed by atoms with van der Waals surface area (Å²) in [4.78, 5) is 34.5. The topological polar surface area (TPSA) is 105 Å². The zero-order valence-corrected chi connectivity index (χ0v) is 11.8. The van der Waals surface area contributed by atoms with Crippen molar-refractivity contribution in [2.24, 2.45) is 0 Å². The monoisotopic (exact) mass is 294 g/mol. The molecule has 0 saturated heterocycles. The van der Waals surface area contributed by atoms with Crippen LogP contribution in [0, 0.1) is 0 Å². The van der Waals surface area contributed by atoms with Crippen molar-refractivity contribution in [2.45, 2.75) is 19.1 Å². The van der Waals surface area contributed by atoms with Crippen LogP contribution in [0.2, 0.25) is 0 Å². The van der Waals surface area contributed by atoms with Crippen molar-refractivity contribution >= 4 is 17.8 Å². The molecule has 0 fully saturated rings. The summed E-state index contributed by atoms with van der Waals surface area (Å²) in [5, 5.41) is 14.2. The third-order valence-corrected chi connectivity index (χ3v) is 2.72. The maximum absolute atomic E-state index is 11.8. The van der Waals surface area contributed by atoms with Gasteiger partial charge in [0.15, 0.2) is 6.10 Å². The van der Waals surface area contributed by atoms with Gasteiger partial charge in [0.1, 0.15) is 6.04 Å². The van der Waals surface area contributed by atoms with Crippen LogP contribution < -0.4 is 10.6 Å². The Morgan fingerprint density at radius 2 is 1.86 bits per heavy atom. The molecule has 0 spiro atoms. The Bertz CT molecular complexity index is 503. The van der Waals surface area contributed by atoms with Gasteiger partial charge in [0, 0.05) is 5.56 Å². The van der Waals surface area contributed by atoms with Gasteiger partial charge in [-0.1, -0.05) is 18.2 Å². The van der Waals surface area contributed by atoms with Gasteiger partial charge in [-0.15, -0.1) is 0 Å². The van der Waals surface area contributed by atoms with Crippen molar-refractivity contribution in [3.63, 3.8) is 0 Å². The first-order valence-corrected chi connectivity index (χ1v) is 6.35. The maximum atomic E-state index is 11.8. The Morgan fingerprint density at radius 3 is 2.43 bits per heavy atom. The number of carbonyl (C=O) groups is 3. The van der Waals surface area contributed by atoms with Crippen LogP contribution in [0.3, 0.4) is 0 Å². The molecule has 0 bridgehead atoms. The smallest absolute Gasteiger partial charge is 0.336 e. The predicted octanol–water partition coefficient (Wildman–Crippen LogP) is -0.545. The first-order valence-electron chi connectivity index (χ1n) is 6.35. The molecule has 114 valence electrons. The summed E-state index contributed by atoms with van der Waals surface area (Å²) in [6, 6.07) is 7.66. The quantitative estimate of drug-likeness (QED) is 0.611. The number of aliphatic hydroxyl groups excluding tert-OH is 1. The zero-order chi connectivity index (χ0) is 15.8. The SMILES string of the molecule is COC(=O)C(O)CNC(=O)C(C)NC(=O)c1ccccc1. The van der Waals surface area contributed by atoms with Crippen molar-refractivity contribution in [1.29, 1.82) is 0 Å². The van der Waals surface area contributed by atoms with E-state index in [0.717, 1.165) is 7.11 Å². The van der Waals surface area contributed by atoms with E-state index in [9.17, 15) is 19.5 Å². The van der Waals surface area contributed by atoms with E-state index in [0.29, 0.717) is 5.56 Å². The minimum absolute atomic E-state index is 0.281. The lowest BCUT2D eigenvalue weighted by Gasteiger charge is -2.15. The number of rotatable bonds is 6. The summed E-state index contributed by atoms with van der Waals surface area (Å²) in [6.45, 7) is 1.22. The number of esters is 1. The van der Waals surface area contributed by atoms with Gasteiger partial charge in [0.05, 0.1) is 13.7 Å². The molecule has 2 atom stereocenters. The van der Waals surface area contributed by atoms with Crippen LogP contribution in [0.15, 0.2) is 30.3 Å². The minimum atomic E-state index is -1.43. The lowest BCUT2D eigenvalue weighted by molar-refractivity contribution is -0.150. The van der Waals surface area contributed by atoms with Gasteiger partial charge in [0.2, 0.25) is 5.91 Å². The lowest BCUT2D eigenvalue weighted by Crippen LogP contribution is -2.47. The number of aliphatic hydroxyl groups is 1. The largest absolute Gasteiger partial charge is 0.467 e. The molecule has 2 unspecified atom stereocenters. The summed E-state index contributed by atoms with van der Waals surface area (Å²) in [7, 11) is 1.14. The van der Waals surface area contributed by atoms with Gasteiger partial charge in [-0.25, -0.2) is 4.79 Å². The zero-order valence-electron chi connectivity index (χ0n) is 11.8. The van der Waals surface area contributed by atoms with Crippen LogP contribution in [0.1, 0.15) is 17.3 Å². The highest BCUT2D eigenvalue weighted by Gasteiger charge is 2.20. The van der Waals surface area contributed by atoms with Gasteiger partial charge >= 0.3 is 5.97 Å². The van der Waals surface area contributed by atoms with Crippen LogP contribution in [0.25, 0.3) is 0 Å². The highest BCUT2D eigenvalue weighted by Crippen LogP contribution is 1.98. The Hall–Kier alpha value is -2.41. The van der Waals surface area contributed by atoms with Gasteiger partial charge in [-0.2, -0.15) is 0 Å². The van der Waals surface area contributed by atoms with E-state index in [4.69, 9.17) is 0 Å². The fraction of sp³-hybridized carbons (Fsp3) is 0.357. The average molecular weight is 294 g/mol. The van der Waals surface area contributed by atoms with Crippen molar-refractivity contribution in [2.75, 3.05) is 13.7 Å². The Kier molecular flexibility index (Phi) is 6.35. The van der Waals surface area contributed by atoms with E-state index >= 15 is 0 Å². The summed E-state index contributed by atoms with van der Waals surface area (Å²) < 4.78 is 4.32. The predicted molar refractivity (Wildman–Crippen MR) is 74.4 cm³/mol. The minimum Gasteiger partial charge on any atom is -0.467 e. The van der Waals surface area contributed by atoms with Crippen LogP contribution in [0.5, 0.6) is 0 Å².